The molecule has 2 bridgehead atoms. The summed E-state index contributed by atoms with van der Waals surface area (Å²) in [5.41, 5.74) is 0. The van der Waals surface area contributed by atoms with E-state index in [1.54, 1.807) is 0 Å². The molecule has 0 unspecified atom stereocenters. The first-order chi connectivity index (χ1) is 11.3. The van der Waals surface area contributed by atoms with Gasteiger partial charge in [-0.05, 0) is 55.8 Å². The summed E-state index contributed by atoms with van der Waals surface area (Å²) in [7, 11) is 0. The Morgan fingerprint density at radius 1 is 1.04 bits per heavy atom. The number of likely N-dealkylation sites (tertiary alicyclic amines) is 1. The summed E-state index contributed by atoms with van der Waals surface area (Å²) in [5, 5.41) is 0. The first kappa shape index (κ1) is 15.9. The minimum atomic E-state index is 0.453. The van der Waals surface area contributed by atoms with Gasteiger partial charge in [0.15, 0.2) is 0 Å². The van der Waals surface area contributed by atoms with Crippen LogP contribution in [-0.2, 0) is 9.53 Å². The molecule has 2 saturated carbocycles. The van der Waals surface area contributed by atoms with Crippen LogP contribution >= 0.6 is 0 Å². The van der Waals surface area contributed by atoms with Gasteiger partial charge in [-0.25, -0.2) is 0 Å². The van der Waals surface area contributed by atoms with Gasteiger partial charge in [0.2, 0.25) is 5.91 Å². The van der Waals surface area contributed by atoms with Crippen molar-refractivity contribution in [1.29, 1.82) is 0 Å². The zero-order valence-electron chi connectivity index (χ0n) is 14.4. The van der Waals surface area contributed by atoms with Crippen LogP contribution in [0.3, 0.4) is 0 Å². The van der Waals surface area contributed by atoms with Crippen molar-refractivity contribution in [1.82, 2.24) is 9.80 Å². The standard InChI is InChI=1S/C19H32N2O2/c22-19(12-18-11-15-3-4-17(18)10-15)21-5-1-2-16(14-21)13-20-6-8-23-9-7-20/h15-18H,1-14H2/t15-,16+,17-,18-/m0/s1. The van der Waals surface area contributed by atoms with Crippen molar-refractivity contribution in [2.24, 2.45) is 23.7 Å². The van der Waals surface area contributed by atoms with Crippen LogP contribution in [-0.4, -0.2) is 61.6 Å². The van der Waals surface area contributed by atoms with Crippen LogP contribution in [0.4, 0.5) is 0 Å². The fourth-order valence-electron chi connectivity index (χ4n) is 5.57. The molecule has 2 aliphatic carbocycles. The first-order valence-corrected chi connectivity index (χ1v) is 9.86. The van der Waals surface area contributed by atoms with Crippen LogP contribution in [0.2, 0.25) is 0 Å². The number of hydrogen-bond acceptors (Lipinski definition) is 3. The molecule has 0 aromatic heterocycles. The van der Waals surface area contributed by atoms with Gasteiger partial charge in [-0.2, -0.15) is 0 Å². The molecule has 0 spiro atoms. The molecule has 0 aromatic carbocycles. The Hall–Kier alpha value is -0.610. The summed E-state index contributed by atoms with van der Waals surface area (Å²) in [5.74, 6) is 3.66. The van der Waals surface area contributed by atoms with E-state index in [0.29, 0.717) is 17.7 Å². The fourth-order valence-corrected chi connectivity index (χ4v) is 5.57. The number of hydrogen-bond donors (Lipinski definition) is 0. The fraction of sp³-hybridized carbons (Fsp3) is 0.947. The van der Waals surface area contributed by atoms with E-state index in [0.717, 1.165) is 64.2 Å². The summed E-state index contributed by atoms with van der Waals surface area (Å²) < 4.78 is 5.44. The second-order valence-electron chi connectivity index (χ2n) is 8.40. The lowest BCUT2D eigenvalue weighted by Gasteiger charge is -2.37. The van der Waals surface area contributed by atoms with Crippen LogP contribution in [0.25, 0.3) is 0 Å². The molecule has 4 atom stereocenters. The highest BCUT2D eigenvalue weighted by Gasteiger charge is 2.41. The third-order valence-electron chi connectivity index (χ3n) is 6.81. The maximum absolute atomic E-state index is 12.8. The Bertz CT molecular complexity index is 422. The van der Waals surface area contributed by atoms with Gasteiger partial charge >= 0.3 is 0 Å². The van der Waals surface area contributed by atoms with E-state index in [1.807, 2.05) is 0 Å². The number of morpholine rings is 1. The average Bonchev–Trinajstić information content (AvgIpc) is 3.19. The third kappa shape index (κ3) is 3.74. The highest BCUT2D eigenvalue weighted by atomic mass is 16.5. The Labute approximate surface area is 140 Å². The number of fused-ring (bicyclic) bond motifs is 2. The maximum atomic E-state index is 12.8. The molecule has 1 amide bonds. The molecule has 4 rings (SSSR count). The molecule has 0 aromatic rings. The number of carbonyl (C=O) groups is 1. The number of nitrogens with zero attached hydrogens (tertiary/aromatic N) is 2. The molecule has 2 heterocycles. The van der Waals surface area contributed by atoms with E-state index in [2.05, 4.69) is 9.80 Å². The van der Waals surface area contributed by atoms with Gasteiger partial charge in [-0.1, -0.05) is 6.42 Å². The van der Waals surface area contributed by atoms with Gasteiger partial charge < -0.3 is 9.64 Å². The molecule has 0 N–H and O–H groups in total. The summed E-state index contributed by atoms with van der Waals surface area (Å²) >= 11 is 0. The van der Waals surface area contributed by atoms with Gasteiger partial charge in [0.05, 0.1) is 13.2 Å². The number of ether oxygens (including phenoxy) is 1. The maximum Gasteiger partial charge on any atom is 0.222 e. The Kier molecular flexibility index (Phi) is 4.91. The minimum absolute atomic E-state index is 0.453. The van der Waals surface area contributed by atoms with Gasteiger partial charge in [0.1, 0.15) is 0 Å². The van der Waals surface area contributed by atoms with Crippen molar-refractivity contribution in [3.63, 3.8) is 0 Å². The Morgan fingerprint density at radius 3 is 2.65 bits per heavy atom. The van der Waals surface area contributed by atoms with Gasteiger partial charge in [0.25, 0.3) is 0 Å². The third-order valence-corrected chi connectivity index (χ3v) is 6.81. The zero-order chi connectivity index (χ0) is 15.6. The van der Waals surface area contributed by atoms with Crippen molar-refractivity contribution in [3.8, 4) is 0 Å². The summed E-state index contributed by atoms with van der Waals surface area (Å²) in [6.45, 7) is 7.03. The van der Waals surface area contributed by atoms with E-state index in [-0.39, 0.29) is 0 Å². The number of amides is 1. The van der Waals surface area contributed by atoms with Crippen LogP contribution in [0.1, 0.15) is 44.9 Å². The first-order valence-electron chi connectivity index (χ1n) is 9.86. The lowest BCUT2D eigenvalue weighted by molar-refractivity contribution is -0.134. The molecule has 4 heteroatoms. The molecule has 4 aliphatic rings. The SMILES string of the molecule is O=C(C[C@@H]1C[C@H]2CC[C@H]1C2)N1CCC[C@H](CN2CCOCC2)C1. The topological polar surface area (TPSA) is 32.8 Å². The predicted octanol–water partition coefficient (Wildman–Crippen LogP) is 2.38. The van der Waals surface area contributed by atoms with Gasteiger partial charge in [-0.3, -0.25) is 9.69 Å². The monoisotopic (exact) mass is 320 g/mol. The quantitative estimate of drug-likeness (QED) is 0.797. The van der Waals surface area contributed by atoms with Crippen molar-refractivity contribution in [2.75, 3.05) is 45.9 Å². The van der Waals surface area contributed by atoms with Crippen molar-refractivity contribution in [2.45, 2.75) is 44.9 Å². The van der Waals surface area contributed by atoms with E-state index >= 15 is 0 Å². The molecule has 4 nitrogen and oxygen atoms in total. The zero-order valence-corrected chi connectivity index (χ0v) is 14.4. The molecule has 23 heavy (non-hydrogen) atoms. The van der Waals surface area contributed by atoms with Crippen molar-refractivity contribution in [3.05, 3.63) is 0 Å². The van der Waals surface area contributed by atoms with Crippen LogP contribution < -0.4 is 0 Å². The summed E-state index contributed by atoms with van der Waals surface area (Å²) in [6.07, 6.45) is 8.89. The second kappa shape index (κ2) is 7.10. The van der Waals surface area contributed by atoms with E-state index in [4.69, 9.17) is 4.74 Å². The highest BCUT2D eigenvalue weighted by Crippen LogP contribution is 2.49. The molecule has 0 radical (unpaired) electrons. The summed E-state index contributed by atoms with van der Waals surface area (Å²) in [4.78, 5) is 17.5. The second-order valence-corrected chi connectivity index (χ2v) is 8.40. The highest BCUT2D eigenvalue weighted by molar-refractivity contribution is 5.76. The van der Waals surface area contributed by atoms with Crippen molar-refractivity contribution < 1.29 is 9.53 Å². The average molecular weight is 320 g/mol. The molecule has 2 saturated heterocycles. The predicted molar refractivity (Wildman–Crippen MR) is 90.1 cm³/mol. The largest absolute Gasteiger partial charge is 0.379 e. The van der Waals surface area contributed by atoms with Crippen LogP contribution in [0, 0.1) is 23.7 Å². The number of rotatable bonds is 4. The lowest BCUT2D eigenvalue weighted by Crippen LogP contribution is -2.46. The summed E-state index contributed by atoms with van der Waals surface area (Å²) in [6, 6.07) is 0. The van der Waals surface area contributed by atoms with Crippen molar-refractivity contribution >= 4 is 5.91 Å². The molecule has 130 valence electrons. The van der Waals surface area contributed by atoms with Crippen LogP contribution in [0.5, 0.6) is 0 Å². The van der Waals surface area contributed by atoms with E-state index in [1.165, 1.54) is 38.5 Å². The molecular formula is C19H32N2O2. The smallest absolute Gasteiger partial charge is 0.222 e. The minimum Gasteiger partial charge on any atom is -0.379 e. The van der Waals surface area contributed by atoms with Gasteiger partial charge in [0, 0.05) is 39.1 Å². The number of carbonyl (C=O) groups excluding carboxylic acids is 1. The Morgan fingerprint density at radius 2 is 1.91 bits per heavy atom. The Balaban J connectivity index is 1.25. The molecule has 2 aliphatic heterocycles. The molecule has 4 fully saturated rings. The molecular weight excluding hydrogens is 288 g/mol. The number of piperidine rings is 1. The lowest BCUT2D eigenvalue weighted by atomic mass is 9.85. The van der Waals surface area contributed by atoms with Crippen LogP contribution in [0.15, 0.2) is 0 Å². The normalized spacial score (nSPS) is 38.2. The van der Waals surface area contributed by atoms with E-state index < -0.39 is 0 Å². The van der Waals surface area contributed by atoms with E-state index in [9.17, 15) is 4.79 Å². The van der Waals surface area contributed by atoms with Gasteiger partial charge in [-0.15, -0.1) is 0 Å².